The zero-order chi connectivity index (χ0) is 8.27. The van der Waals surface area contributed by atoms with E-state index < -0.39 is 0 Å². The van der Waals surface area contributed by atoms with Gasteiger partial charge in [-0.15, -0.1) is 0 Å². The summed E-state index contributed by atoms with van der Waals surface area (Å²) < 4.78 is 0. The molecule has 0 saturated carbocycles. The standard InChI is InChI=1S/C8H10BrNO/c1-6(9)7-3-2-4-8(5-7)10-11/h2-6,10-11H,1H3. The summed E-state index contributed by atoms with van der Waals surface area (Å²) in [6.07, 6.45) is 0. The molecule has 11 heavy (non-hydrogen) atoms. The topological polar surface area (TPSA) is 32.3 Å². The van der Waals surface area contributed by atoms with Crippen molar-refractivity contribution in [2.45, 2.75) is 11.8 Å². The van der Waals surface area contributed by atoms with E-state index in [1.165, 1.54) is 0 Å². The number of hydrogen-bond acceptors (Lipinski definition) is 2. The van der Waals surface area contributed by atoms with Crippen LogP contribution >= 0.6 is 15.9 Å². The Morgan fingerprint density at radius 2 is 2.27 bits per heavy atom. The van der Waals surface area contributed by atoms with Crippen molar-refractivity contribution in [3.05, 3.63) is 29.8 Å². The predicted octanol–water partition coefficient (Wildman–Crippen LogP) is 2.94. The van der Waals surface area contributed by atoms with Crippen LogP contribution in [0.4, 0.5) is 5.69 Å². The van der Waals surface area contributed by atoms with Crippen molar-refractivity contribution >= 4 is 21.6 Å². The third-order valence-corrected chi connectivity index (χ3v) is 2.00. The third kappa shape index (κ3) is 2.20. The van der Waals surface area contributed by atoms with Gasteiger partial charge in [0.15, 0.2) is 0 Å². The second-order valence-electron chi connectivity index (χ2n) is 2.35. The third-order valence-electron chi connectivity index (χ3n) is 1.48. The van der Waals surface area contributed by atoms with Crippen LogP contribution in [-0.4, -0.2) is 5.21 Å². The Bertz CT molecular complexity index is 237. The van der Waals surface area contributed by atoms with Crippen molar-refractivity contribution in [2.24, 2.45) is 0 Å². The van der Waals surface area contributed by atoms with E-state index in [0.717, 1.165) is 5.56 Å². The molecule has 60 valence electrons. The van der Waals surface area contributed by atoms with Crippen molar-refractivity contribution in [3.63, 3.8) is 0 Å². The van der Waals surface area contributed by atoms with E-state index in [4.69, 9.17) is 5.21 Å². The maximum absolute atomic E-state index is 8.58. The first-order valence-electron chi connectivity index (χ1n) is 3.38. The van der Waals surface area contributed by atoms with Crippen molar-refractivity contribution < 1.29 is 5.21 Å². The molecule has 0 fully saturated rings. The van der Waals surface area contributed by atoms with Crippen LogP contribution in [0.5, 0.6) is 0 Å². The van der Waals surface area contributed by atoms with Crippen LogP contribution in [0.2, 0.25) is 0 Å². The van der Waals surface area contributed by atoms with E-state index in [9.17, 15) is 0 Å². The lowest BCUT2D eigenvalue weighted by Crippen LogP contribution is -1.90. The molecule has 1 atom stereocenters. The number of benzene rings is 1. The minimum atomic E-state index is 0.316. The van der Waals surface area contributed by atoms with E-state index in [1.54, 1.807) is 6.07 Å². The molecule has 0 spiro atoms. The van der Waals surface area contributed by atoms with Crippen molar-refractivity contribution in [1.82, 2.24) is 0 Å². The summed E-state index contributed by atoms with van der Waals surface area (Å²) in [4.78, 5) is 0.316. The first-order chi connectivity index (χ1) is 5.24. The molecule has 3 heteroatoms. The Hall–Kier alpha value is -0.540. The van der Waals surface area contributed by atoms with Crippen molar-refractivity contribution in [3.8, 4) is 0 Å². The highest BCUT2D eigenvalue weighted by atomic mass is 79.9. The quantitative estimate of drug-likeness (QED) is 0.588. The molecule has 0 aromatic heterocycles. The highest BCUT2D eigenvalue weighted by Crippen LogP contribution is 2.23. The molecule has 0 aliphatic heterocycles. The molecule has 1 aromatic carbocycles. The number of anilines is 1. The van der Waals surface area contributed by atoms with Gasteiger partial charge in [0.05, 0.1) is 5.69 Å². The molecular weight excluding hydrogens is 206 g/mol. The van der Waals surface area contributed by atoms with Gasteiger partial charge in [-0.1, -0.05) is 28.1 Å². The fourth-order valence-corrected chi connectivity index (χ4v) is 1.14. The summed E-state index contributed by atoms with van der Waals surface area (Å²) in [6, 6.07) is 7.59. The summed E-state index contributed by atoms with van der Waals surface area (Å²) in [7, 11) is 0. The number of halogens is 1. The van der Waals surface area contributed by atoms with Crippen LogP contribution in [0.15, 0.2) is 24.3 Å². The molecule has 0 aliphatic rings. The molecule has 0 saturated heterocycles. The van der Waals surface area contributed by atoms with Crippen molar-refractivity contribution in [2.75, 3.05) is 5.48 Å². The maximum atomic E-state index is 8.58. The summed E-state index contributed by atoms with van der Waals surface area (Å²) in [5.41, 5.74) is 3.96. The Morgan fingerprint density at radius 1 is 1.55 bits per heavy atom. The van der Waals surface area contributed by atoms with Gasteiger partial charge in [-0.3, -0.25) is 10.7 Å². The van der Waals surface area contributed by atoms with E-state index in [1.807, 2.05) is 25.1 Å². The van der Waals surface area contributed by atoms with Crippen LogP contribution in [-0.2, 0) is 0 Å². The average Bonchev–Trinajstić information content (AvgIpc) is 2.05. The summed E-state index contributed by atoms with van der Waals surface area (Å²) >= 11 is 3.44. The highest BCUT2D eigenvalue weighted by molar-refractivity contribution is 9.09. The molecule has 2 N–H and O–H groups in total. The predicted molar refractivity (Wildman–Crippen MR) is 49.2 cm³/mol. The zero-order valence-corrected chi connectivity index (χ0v) is 7.80. The van der Waals surface area contributed by atoms with Gasteiger partial charge in [-0.25, -0.2) is 0 Å². The summed E-state index contributed by atoms with van der Waals surface area (Å²) in [6.45, 7) is 2.04. The van der Waals surface area contributed by atoms with Gasteiger partial charge < -0.3 is 0 Å². The molecule has 0 heterocycles. The average molecular weight is 216 g/mol. The van der Waals surface area contributed by atoms with Gasteiger partial charge in [-0.05, 0) is 24.6 Å². The smallest absolute Gasteiger partial charge is 0.0605 e. The lowest BCUT2D eigenvalue weighted by molar-refractivity contribution is 0.389. The van der Waals surface area contributed by atoms with Gasteiger partial charge in [0, 0.05) is 4.83 Å². The molecule has 1 aromatic rings. The van der Waals surface area contributed by atoms with Gasteiger partial charge in [0.25, 0.3) is 0 Å². The monoisotopic (exact) mass is 215 g/mol. The minimum absolute atomic E-state index is 0.316. The van der Waals surface area contributed by atoms with Crippen LogP contribution in [0.3, 0.4) is 0 Å². The van der Waals surface area contributed by atoms with Crippen molar-refractivity contribution in [1.29, 1.82) is 0 Å². The largest absolute Gasteiger partial charge is 0.291 e. The maximum Gasteiger partial charge on any atom is 0.0605 e. The number of alkyl halides is 1. The molecule has 0 amide bonds. The number of hydrogen-bond donors (Lipinski definition) is 2. The lowest BCUT2D eigenvalue weighted by Gasteiger charge is -2.04. The minimum Gasteiger partial charge on any atom is -0.291 e. The van der Waals surface area contributed by atoms with E-state index in [2.05, 4.69) is 21.4 Å². The second-order valence-corrected chi connectivity index (χ2v) is 3.73. The molecule has 1 rings (SSSR count). The highest BCUT2D eigenvalue weighted by Gasteiger charge is 1.99. The van der Waals surface area contributed by atoms with Gasteiger partial charge in [-0.2, -0.15) is 0 Å². The number of rotatable bonds is 2. The lowest BCUT2D eigenvalue weighted by atomic mass is 10.1. The van der Waals surface area contributed by atoms with Gasteiger partial charge in [0.2, 0.25) is 0 Å². The van der Waals surface area contributed by atoms with E-state index in [-0.39, 0.29) is 0 Å². The summed E-state index contributed by atoms with van der Waals surface area (Å²) in [5, 5.41) is 8.58. The van der Waals surface area contributed by atoms with Crippen LogP contribution in [0.25, 0.3) is 0 Å². The summed E-state index contributed by atoms with van der Waals surface area (Å²) in [5.74, 6) is 0. The molecule has 0 bridgehead atoms. The fourth-order valence-electron chi connectivity index (χ4n) is 0.856. The van der Waals surface area contributed by atoms with E-state index in [0.29, 0.717) is 10.5 Å². The van der Waals surface area contributed by atoms with Gasteiger partial charge in [0.1, 0.15) is 0 Å². The van der Waals surface area contributed by atoms with Crippen LogP contribution in [0.1, 0.15) is 17.3 Å². The molecule has 2 nitrogen and oxygen atoms in total. The van der Waals surface area contributed by atoms with Crippen LogP contribution in [0, 0.1) is 0 Å². The van der Waals surface area contributed by atoms with Crippen LogP contribution < -0.4 is 5.48 Å². The molecular formula is C8H10BrNO. The normalized spacial score (nSPS) is 12.6. The Balaban J connectivity index is 2.91. The fraction of sp³-hybridized carbons (Fsp3) is 0.250. The first-order valence-corrected chi connectivity index (χ1v) is 4.29. The second kappa shape index (κ2) is 3.74. The Labute approximate surface area is 74.3 Å². The Morgan fingerprint density at radius 3 is 2.82 bits per heavy atom. The zero-order valence-electron chi connectivity index (χ0n) is 6.21. The first kappa shape index (κ1) is 8.56. The number of nitrogens with one attached hydrogen (secondary N) is 1. The Kier molecular flexibility index (Phi) is 2.91. The van der Waals surface area contributed by atoms with Gasteiger partial charge >= 0.3 is 0 Å². The molecule has 0 radical (unpaired) electrons. The molecule has 0 aliphatic carbocycles. The molecule has 1 unspecified atom stereocenters. The van der Waals surface area contributed by atoms with E-state index >= 15 is 0 Å². The SMILES string of the molecule is CC(Br)c1cccc(NO)c1.